The Morgan fingerprint density at radius 2 is 1.95 bits per heavy atom. The molecule has 4 heteroatoms. The highest BCUT2D eigenvalue weighted by atomic mass is 79.9. The van der Waals surface area contributed by atoms with Gasteiger partial charge in [-0.2, -0.15) is 0 Å². The lowest BCUT2D eigenvalue weighted by molar-refractivity contribution is 0.170. The highest BCUT2D eigenvalue weighted by molar-refractivity contribution is 9.10. The molecule has 2 aromatic rings. The van der Waals surface area contributed by atoms with Crippen LogP contribution in [-0.2, 0) is 0 Å². The van der Waals surface area contributed by atoms with E-state index in [2.05, 4.69) is 22.9 Å². The standard InChI is InChI=1S/C17H19BrClNO/c1-3-15(20)17(12-6-4-5-7-13(12)18)21-16-9-8-11(2)10-14(16)19/h4-10,15,17H,3,20H2,1-2H3. The largest absolute Gasteiger partial charge is 0.482 e. The summed E-state index contributed by atoms with van der Waals surface area (Å²) >= 11 is 9.84. The monoisotopic (exact) mass is 367 g/mol. The molecule has 0 saturated carbocycles. The van der Waals surface area contributed by atoms with Crippen LogP contribution in [0, 0.1) is 6.92 Å². The van der Waals surface area contributed by atoms with Crippen LogP contribution in [0.4, 0.5) is 0 Å². The minimum Gasteiger partial charge on any atom is -0.482 e. The topological polar surface area (TPSA) is 35.2 Å². The first-order chi connectivity index (χ1) is 10.0. The second-order valence-electron chi connectivity index (χ2n) is 5.07. The summed E-state index contributed by atoms with van der Waals surface area (Å²) < 4.78 is 7.12. The highest BCUT2D eigenvalue weighted by Gasteiger charge is 2.23. The van der Waals surface area contributed by atoms with Crippen LogP contribution in [-0.4, -0.2) is 6.04 Å². The van der Waals surface area contributed by atoms with Gasteiger partial charge in [0.2, 0.25) is 0 Å². The SMILES string of the molecule is CCC(N)C(Oc1ccc(C)cc1Cl)c1ccccc1Br. The normalized spacial score (nSPS) is 13.8. The quantitative estimate of drug-likeness (QED) is 0.780. The Bertz CT molecular complexity index is 617. The van der Waals surface area contributed by atoms with Gasteiger partial charge < -0.3 is 10.5 Å². The van der Waals surface area contributed by atoms with Crippen LogP contribution >= 0.6 is 27.5 Å². The summed E-state index contributed by atoms with van der Waals surface area (Å²) in [5.41, 5.74) is 8.39. The zero-order valence-electron chi connectivity index (χ0n) is 12.1. The van der Waals surface area contributed by atoms with E-state index < -0.39 is 0 Å². The summed E-state index contributed by atoms with van der Waals surface area (Å²) in [5.74, 6) is 0.659. The molecule has 2 rings (SSSR count). The third-order valence-electron chi connectivity index (χ3n) is 3.41. The molecule has 0 heterocycles. The van der Waals surface area contributed by atoms with Crippen molar-refractivity contribution in [1.29, 1.82) is 0 Å². The van der Waals surface area contributed by atoms with Gasteiger partial charge in [-0.05, 0) is 37.1 Å². The Labute approximate surface area is 139 Å². The minimum absolute atomic E-state index is 0.110. The molecule has 0 saturated heterocycles. The summed E-state index contributed by atoms with van der Waals surface area (Å²) in [6.45, 7) is 4.05. The van der Waals surface area contributed by atoms with Gasteiger partial charge in [0.15, 0.2) is 0 Å². The Kier molecular flexibility index (Phi) is 5.68. The van der Waals surface area contributed by atoms with E-state index in [1.807, 2.05) is 49.4 Å². The number of aryl methyl sites for hydroxylation is 1. The number of ether oxygens (including phenoxy) is 1. The molecule has 0 aromatic heterocycles. The van der Waals surface area contributed by atoms with Crippen molar-refractivity contribution >= 4 is 27.5 Å². The van der Waals surface area contributed by atoms with E-state index in [1.54, 1.807) is 0 Å². The zero-order chi connectivity index (χ0) is 15.4. The third kappa shape index (κ3) is 4.00. The van der Waals surface area contributed by atoms with Gasteiger partial charge in [0.1, 0.15) is 11.9 Å². The van der Waals surface area contributed by atoms with Gasteiger partial charge in [-0.15, -0.1) is 0 Å². The third-order valence-corrected chi connectivity index (χ3v) is 4.43. The van der Waals surface area contributed by atoms with Crippen LogP contribution in [0.15, 0.2) is 46.9 Å². The average molecular weight is 369 g/mol. The van der Waals surface area contributed by atoms with Crippen molar-refractivity contribution in [3.8, 4) is 5.75 Å². The number of rotatable bonds is 5. The molecule has 21 heavy (non-hydrogen) atoms. The molecule has 0 bridgehead atoms. The molecule has 2 N–H and O–H groups in total. The van der Waals surface area contributed by atoms with Crippen LogP contribution in [0.3, 0.4) is 0 Å². The molecule has 2 atom stereocenters. The molecule has 0 amide bonds. The lowest BCUT2D eigenvalue weighted by Crippen LogP contribution is -2.31. The summed E-state index contributed by atoms with van der Waals surface area (Å²) in [4.78, 5) is 0. The van der Waals surface area contributed by atoms with Crippen molar-refractivity contribution in [2.45, 2.75) is 32.4 Å². The molecule has 0 aliphatic rings. The van der Waals surface area contributed by atoms with E-state index in [0.29, 0.717) is 10.8 Å². The first kappa shape index (κ1) is 16.3. The lowest BCUT2D eigenvalue weighted by Gasteiger charge is -2.26. The summed E-state index contributed by atoms with van der Waals surface area (Å²) in [7, 11) is 0. The van der Waals surface area contributed by atoms with E-state index in [-0.39, 0.29) is 12.1 Å². The van der Waals surface area contributed by atoms with Crippen molar-refractivity contribution in [2.75, 3.05) is 0 Å². The summed E-state index contributed by atoms with van der Waals surface area (Å²) in [6.07, 6.45) is 0.570. The Morgan fingerprint density at radius 1 is 1.24 bits per heavy atom. The fourth-order valence-electron chi connectivity index (χ4n) is 2.14. The van der Waals surface area contributed by atoms with Crippen LogP contribution in [0.5, 0.6) is 5.75 Å². The predicted molar refractivity (Wildman–Crippen MR) is 92.0 cm³/mol. The van der Waals surface area contributed by atoms with Gasteiger partial charge in [0.25, 0.3) is 0 Å². The molecule has 0 aliphatic heterocycles. The summed E-state index contributed by atoms with van der Waals surface area (Å²) in [5, 5.41) is 0.607. The average Bonchev–Trinajstić information content (AvgIpc) is 2.47. The van der Waals surface area contributed by atoms with E-state index in [1.165, 1.54) is 0 Å². The molecule has 2 unspecified atom stereocenters. The number of benzene rings is 2. The van der Waals surface area contributed by atoms with Crippen LogP contribution < -0.4 is 10.5 Å². The van der Waals surface area contributed by atoms with E-state index >= 15 is 0 Å². The van der Waals surface area contributed by atoms with Crippen molar-refractivity contribution in [1.82, 2.24) is 0 Å². The second kappa shape index (κ2) is 7.30. The van der Waals surface area contributed by atoms with Gasteiger partial charge >= 0.3 is 0 Å². The molecule has 0 spiro atoms. The molecule has 112 valence electrons. The molecular formula is C17H19BrClNO. The van der Waals surface area contributed by atoms with Crippen molar-refractivity contribution in [2.24, 2.45) is 5.73 Å². The first-order valence-corrected chi connectivity index (χ1v) is 8.12. The second-order valence-corrected chi connectivity index (χ2v) is 6.33. The Balaban J connectivity index is 2.35. The van der Waals surface area contributed by atoms with Gasteiger partial charge in [-0.3, -0.25) is 0 Å². The molecule has 0 fully saturated rings. The maximum absolute atomic E-state index is 6.27. The van der Waals surface area contributed by atoms with E-state index in [0.717, 1.165) is 22.0 Å². The fourth-order valence-corrected chi connectivity index (χ4v) is 2.93. The molecule has 2 nitrogen and oxygen atoms in total. The van der Waals surface area contributed by atoms with Crippen molar-refractivity contribution < 1.29 is 4.74 Å². The van der Waals surface area contributed by atoms with Gasteiger partial charge in [-0.1, -0.05) is 58.7 Å². The molecular weight excluding hydrogens is 350 g/mol. The zero-order valence-corrected chi connectivity index (χ0v) is 14.5. The maximum Gasteiger partial charge on any atom is 0.140 e. The van der Waals surface area contributed by atoms with Crippen molar-refractivity contribution in [3.05, 3.63) is 63.1 Å². The molecule has 2 aromatic carbocycles. The van der Waals surface area contributed by atoms with Crippen LogP contribution in [0.2, 0.25) is 5.02 Å². The number of hydrogen-bond donors (Lipinski definition) is 1. The van der Waals surface area contributed by atoms with E-state index in [9.17, 15) is 0 Å². The van der Waals surface area contributed by atoms with Gasteiger partial charge in [0, 0.05) is 16.1 Å². The lowest BCUT2D eigenvalue weighted by atomic mass is 10.0. The van der Waals surface area contributed by atoms with Crippen molar-refractivity contribution in [3.63, 3.8) is 0 Å². The minimum atomic E-state index is -0.245. The molecule has 0 radical (unpaired) electrons. The number of hydrogen-bond acceptors (Lipinski definition) is 2. The van der Waals surface area contributed by atoms with E-state index in [4.69, 9.17) is 22.1 Å². The van der Waals surface area contributed by atoms with Gasteiger partial charge in [0.05, 0.1) is 5.02 Å². The number of halogens is 2. The smallest absolute Gasteiger partial charge is 0.140 e. The maximum atomic E-state index is 6.27. The fraction of sp³-hybridized carbons (Fsp3) is 0.294. The summed E-state index contributed by atoms with van der Waals surface area (Å²) in [6, 6.07) is 13.6. The van der Waals surface area contributed by atoms with Gasteiger partial charge in [-0.25, -0.2) is 0 Å². The van der Waals surface area contributed by atoms with Crippen LogP contribution in [0.25, 0.3) is 0 Å². The predicted octanol–water partition coefficient (Wildman–Crippen LogP) is 5.27. The highest BCUT2D eigenvalue weighted by Crippen LogP contribution is 2.34. The molecule has 0 aliphatic carbocycles. The Hall–Kier alpha value is -1.03. The number of nitrogens with two attached hydrogens (primary N) is 1. The van der Waals surface area contributed by atoms with Crippen LogP contribution in [0.1, 0.15) is 30.6 Å². The first-order valence-electron chi connectivity index (χ1n) is 6.95. The Morgan fingerprint density at radius 3 is 2.57 bits per heavy atom.